The van der Waals surface area contributed by atoms with Crippen molar-refractivity contribution in [1.82, 2.24) is 9.97 Å². The van der Waals surface area contributed by atoms with Crippen molar-refractivity contribution >= 4 is 10.9 Å². The van der Waals surface area contributed by atoms with Gasteiger partial charge in [-0.15, -0.1) is 0 Å². The van der Waals surface area contributed by atoms with Gasteiger partial charge in [0.25, 0.3) is 5.56 Å². The van der Waals surface area contributed by atoms with Crippen molar-refractivity contribution in [1.29, 1.82) is 0 Å². The van der Waals surface area contributed by atoms with E-state index in [-0.39, 0.29) is 11.6 Å². The van der Waals surface area contributed by atoms with Crippen LogP contribution in [0.15, 0.2) is 53.3 Å². The van der Waals surface area contributed by atoms with Crippen molar-refractivity contribution in [2.24, 2.45) is 11.8 Å². The molecular formula is C24H32N3O+. The Kier molecular flexibility index (Phi) is 6.30. The first kappa shape index (κ1) is 20.3. The van der Waals surface area contributed by atoms with Gasteiger partial charge in [0, 0.05) is 11.5 Å². The molecule has 148 valence electrons. The summed E-state index contributed by atoms with van der Waals surface area (Å²) in [7, 11) is 0. The van der Waals surface area contributed by atoms with Crippen molar-refractivity contribution in [2.75, 3.05) is 0 Å². The van der Waals surface area contributed by atoms with E-state index in [1.54, 1.807) is 0 Å². The first-order valence-electron chi connectivity index (χ1n) is 10.3. The molecule has 28 heavy (non-hydrogen) atoms. The Morgan fingerprint density at radius 2 is 1.64 bits per heavy atom. The molecule has 0 bridgehead atoms. The molecule has 0 aliphatic rings. The Bertz CT molecular complexity index is 973. The van der Waals surface area contributed by atoms with Crippen LogP contribution in [0.1, 0.15) is 63.7 Å². The molecule has 2 atom stereocenters. The molecule has 1 heterocycles. The third-order valence-electron chi connectivity index (χ3n) is 5.29. The standard InChI is InChI=1S/C24H31N3O/c1-15(2)14-18-10-12-19(13-11-18)22(16(3)4)25-17(5)23-26-21-9-7-6-8-20(21)24(28)27-23/h6-13,15-17,22,25H,14H2,1-5H3,(H,26,27,28)/p+1/t17-,22+/m1/s1. The lowest BCUT2D eigenvalue weighted by Gasteiger charge is -2.23. The second kappa shape index (κ2) is 8.70. The van der Waals surface area contributed by atoms with Crippen LogP contribution in [-0.4, -0.2) is 9.97 Å². The van der Waals surface area contributed by atoms with E-state index in [2.05, 4.69) is 69.2 Å². The monoisotopic (exact) mass is 378 g/mol. The quantitative estimate of drug-likeness (QED) is 0.649. The number of aromatic amines is 1. The predicted octanol–water partition coefficient (Wildman–Crippen LogP) is 4.14. The second-order valence-corrected chi connectivity index (χ2v) is 8.56. The number of rotatable bonds is 7. The molecule has 0 fully saturated rings. The lowest BCUT2D eigenvalue weighted by molar-refractivity contribution is -0.738. The lowest BCUT2D eigenvalue weighted by Crippen LogP contribution is -2.87. The third-order valence-corrected chi connectivity index (χ3v) is 5.29. The van der Waals surface area contributed by atoms with Crippen molar-refractivity contribution in [2.45, 2.75) is 53.1 Å². The number of hydrogen-bond donors (Lipinski definition) is 2. The van der Waals surface area contributed by atoms with E-state index in [4.69, 9.17) is 4.98 Å². The summed E-state index contributed by atoms with van der Waals surface area (Å²) in [6, 6.07) is 16.9. The van der Waals surface area contributed by atoms with Gasteiger partial charge in [-0.25, -0.2) is 4.98 Å². The highest BCUT2D eigenvalue weighted by Crippen LogP contribution is 2.21. The molecule has 0 aliphatic heterocycles. The summed E-state index contributed by atoms with van der Waals surface area (Å²) in [5.41, 5.74) is 3.38. The predicted molar refractivity (Wildman–Crippen MR) is 115 cm³/mol. The minimum absolute atomic E-state index is 0.0556. The van der Waals surface area contributed by atoms with Gasteiger partial charge in [0.05, 0.1) is 10.9 Å². The maximum atomic E-state index is 12.4. The zero-order chi connectivity index (χ0) is 20.3. The Morgan fingerprint density at radius 1 is 0.964 bits per heavy atom. The summed E-state index contributed by atoms with van der Waals surface area (Å²) in [5, 5.41) is 2.95. The molecule has 4 nitrogen and oxygen atoms in total. The number of nitrogens with one attached hydrogen (secondary N) is 1. The van der Waals surface area contributed by atoms with Crippen LogP contribution in [0, 0.1) is 11.8 Å². The van der Waals surface area contributed by atoms with E-state index in [1.165, 1.54) is 11.1 Å². The lowest BCUT2D eigenvalue weighted by atomic mass is 9.93. The number of hydrogen-bond acceptors (Lipinski definition) is 2. The summed E-state index contributed by atoms with van der Waals surface area (Å²) >= 11 is 0. The normalized spacial score (nSPS) is 14.0. The van der Waals surface area contributed by atoms with Gasteiger partial charge in [-0.1, -0.05) is 64.1 Å². The van der Waals surface area contributed by atoms with Gasteiger partial charge in [0.15, 0.2) is 5.82 Å². The van der Waals surface area contributed by atoms with E-state index in [9.17, 15) is 4.79 Å². The average molecular weight is 379 g/mol. The van der Waals surface area contributed by atoms with Crippen LogP contribution < -0.4 is 10.9 Å². The Labute approximate surface area is 167 Å². The molecule has 0 saturated carbocycles. The van der Waals surface area contributed by atoms with E-state index in [0.717, 1.165) is 17.8 Å². The Hall–Kier alpha value is -2.46. The molecule has 0 saturated heterocycles. The third kappa shape index (κ3) is 4.68. The van der Waals surface area contributed by atoms with Crippen LogP contribution in [0.25, 0.3) is 10.9 Å². The minimum Gasteiger partial charge on any atom is -0.331 e. The first-order valence-corrected chi connectivity index (χ1v) is 10.3. The average Bonchev–Trinajstić information content (AvgIpc) is 2.66. The molecular weight excluding hydrogens is 346 g/mol. The Balaban J connectivity index is 1.83. The van der Waals surface area contributed by atoms with E-state index >= 15 is 0 Å². The summed E-state index contributed by atoms with van der Waals surface area (Å²) in [4.78, 5) is 20.1. The SMILES string of the molecule is CC(C)Cc1ccc([C@@H]([NH2+][C@H](C)c2nc3ccccc3c(=O)[nH]2)C(C)C)cc1. The molecule has 0 radical (unpaired) electrons. The molecule has 3 rings (SSSR count). The maximum Gasteiger partial charge on any atom is 0.258 e. The maximum absolute atomic E-state index is 12.4. The fourth-order valence-electron chi connectivity index (χ4n) is 3.79. The largest absolute Gasteiger partial charge is 0.331 e. The number of para-hydroxylation sites is 1. The number of H-pyrrole nitrogens is 1. The van der Waals surface area contributed by atoms with Gasteiger partial charge in [0.2, 0.25) is 0 Å². The number of fused-ring (bicyclic) bond motifs is 1. The van der Waals surface area contributed by atoms with Gasteiger partial charge < -0.3 is 10.3 Å². The first-order chi connectivity index (χ1) is 13.3. The molecule has 0 spiro atoms. The van der Waals surface area contributed by atoms with Crippen molar-refractivity contribution < 1.29 is 5.32 Å². The number of nitrogens with zero attached hydrogens (tertiary/aromatic N) is 1. The Morgan fingerprint density at radius 3 is 2.29 bits per heavy atom. The highest BCUT2D eigenvalue weighted by Gasteiger charge is 2.24. The van der Waals surface area contributed by atoms with Crippen molar-refractivity contribution in [3.63, 3.8) is 0 Å². The van der Waals surface area contributed by atoms with Crippen LogP contribution in [-0.2, 0) is 6.42 Å². The van der Waals surface area contributed by atoms with Gasteiger partial charge in [0.1, 0.15) is 12.1 Å². The molecule has 3 aromatic rings. The molecule has 1 aromatic heterocycles. The number of benzene rings is 2. The van der Waals surface area contributed by atoms with E-state index < -0.39 is 0 Å². The number of quaternary nitrogens is 1. The number of nitrogens with two attached hydrogens (primary N) is 1. The van der Waals surface area contributed by atoms with Crippen LogP contribution in [0.2, 0.25) is 0 Å². The summed E-state index contributed by atoms with van der Waals surface area (Å²) in [6.07, 6.45) is 1.11. The fourth-order valence-corrected chi connectivity index (χ4v) is 3.79. The smallest absolute Gasteiger partial charge is 0.258 e. The van der Waals surface area contributed by atoms with Gasteiger partial charge >= 0.3 is 0 Å². The van der Waals surface area contributed by atoms with Crippen LogP contribution in [0.4, 0.5) is 0 Å². The second-order valence-electron chi connectivity index (χ2n) is 8.56. The zero-order valence-corrected chi connectivity index (χ0v) is 17.6. The fraction of sp³-hybridized carbons (Fsp3) is 0.417. The van der Waals surface area contributed by atoms with Gasteiger partial charge in [-0.05, 0) is 37.0 Å². The highest BCUT2D eigenvalue weighted by molar-refractivity contribution is 5.77. The zero-order valence-electron chi connectivity index (χ0n) is 17.6. The molecule has 3 N–H and O–H groups in total. The van der Waals surface area contributed by atoms with Gasteiger partial charge in [-0.3, -0.25) is 4.79 Å². The van der Waals surface area contributed by atoms with Crippen LogP contribution >= 0.6 is 0 Å². The van der Waals surface area contributed by atoms with E-state index in [0.29, 0.717) is 23.3 Å². The topological polar surface area (TPSA) is 62.4 Å². The highest BCUT2D eigenvalue weighted by atomic mass is 16.1. The number of aromatic nitrogens is 2. The van der Waals surface area contributed by atoms with Crippen LogP contribution in [0.3, 0.4) is 0 Å². The summed E-state index contributed by atoms with van der Waals surface area (Å²) < 4.78 is 0. The molecule has 0 unspecified atom stereocenters. The molecule has 0 amide bonds. The van der Waals surface area contributed by atoms with Crippen molar-refractivity contribution in [3.8, 4) is 0 Å². The minimum atomic E-state index is -0.0695. The van der Waals surface area contributed by atoms with Crippen LogP contribution in [0.5, 0.6) is 0 Å². The summed E-state index contributed by atoms with van der Waals surface area (Å²) in [5.74, 6) is 1.85. The summed E-state index contributed by atoms with van der Waals surface area (Å²) in [6.45, 7) is 11.1. The van der Waals surface area contributed by atoms with Gasteiger partial charge in [-0.2, -0.15) is 0 Å². The molecule has 0 aliphatic carbocycles. The van der Waals surface area contributed by atoms with E-state index in [1.807, 2.05) is 24.3 Å². The molecule has 2 aromatic carbocycles. The molecule has 4 heteroatoms. The van der Waals surface area contributed by atoms with Crippen molar-refractivity contribution in [3.05, 3.63) is 75.8 Å².